The Labute approximate surface area is 229 Å². The van der Waals surface area contributed by atoms with Crippen molar-refractivity contribution in [2.45, 2.75) is 83.0 Å². The van der Waals surface area contributed by atoms with Gasteiger partial charge in [0.25, 0.3) is 0 Å². The van der Waals surface area contributed by atoms with Gasteiger partial charge in [-0.15, -0.1) is 0 Å². The second-order valence-electron chi connectivity index (χ2n) is 10.7. The van der Waals surface area contributed by atoms with E-state index in [-0.39, 0.29) is 24.7 Å². The van der Waals surface area contributed by atoms with Crippen LogP contribution in [0, 0.1) is 5.92 Å². The van der Waals surface area contributed by atoms with Crippen molar-refractivity contribution in [3.63, 3.8) is 0 Å². The van der Waals surface area contributed by atoms with E-state index in [1.165, 1.54) is 4.90 Å². The van der Waals surface area contributed by atoms with Gasteiger partial charge in [0.05, 0.1) is 6.04 Å². The van der Waals surface area contributed by atoms with Crippen LogP contribution in [0.2, 0.25) is 0 Å². The fraction of sp³-hybridized carbons (Fsp3) is 0.571. The Bertz CT molecular complexity index is 1150. The molecule has 1 aromatic heterocycles. The quantitative estimate of drug-likeness (QED) is 0.194. The highest BCUT2D eigenvalue weighted by molar-refractivity contribution is 5.95. The van der Waals surface area contributed by atoms with Crippen molar-refractivity contribution in [2.75, 3.05) is 13.1 Å². The van der Waals surface area contributed by atoms with Crippen LogP contribution in [0.25, 0.3) is 10.9 Å². The second kappa shape index (κ2) is 14.1. The molecule has 2 aromatic rings. The molecule has 3 amide bonds. The lowest BCUT2D eigenvalue weighted by Gasteiger charge is -2.29. The number of carbonyl (C=O) groups excluding carboxylic acids is 3. The third-order valence-electron chi connectivity index (χ3n) is 7.17. The molecule has 8 N–H and O–H groups in total. The largest absolute Gasteiger partial charge is 0.480 e. The number of fused-ring (bicyclic) bond motifs is 1. The van der Waals surface area contributed by atoms with Crippen molar-refractivity contribution in [3.8, 4) is 0 Å². The molecule has 11 heteroatoms. The third-order valence-corrected chi connectivity index (χ3v) is 7.17. The highest BCUT2D eigenvalue weighted by Gasteiger charge is 2.38. The Hall–Kier alpha value is -3.44. The Morgan fingerprint density at radius 3 is 2.56 bits per heavy atom. The number of unbranched alkanes of at least 4 members (excludes halogenated alkanes) is 1. The number of para-hydroxylation sites is 1. The SMILES string of the molecule is CC(C)CC(N)C(=O)N1CCCC1C(=O)NC(Cc1c[nH]c2ccccc12)C(=O)NC(CCCCN)C(=O)O. The summed E-state index contributed by atoms with van der Waals surface area (Å²) in [6, 6.07) is 4.00. The minimum atomic E-state index is -1.15. The summed E-state index contributed by atoms with van der Waals surface area (Å²) in [6.45, 7) is 4.81. The van der Waals surface area contributed by atoms with Gasteiger partial charge in [-0.05, 0) is 62.6 Å². The number of hydrogen-bond acceptors (Lipinski definition) is 6. The molecule has 1 saturated heterocycles. The van der Waals surface area contributed by atoms with E-state index < -0.39 is 42.0 Å². The van der Waals surface area contributed by atoms with Crippen molar-refractivity contribution in [1.29, 1.82) is 0 Å². The van der Waals surface area contributed by atoms with E-state index in [1.54, 1.807) is 6.20 Å². The zero-order valence-electron chi connectivity index (χ0n) is 22.8. The first-order valence-electron chi connectivity index (χ1n) is 13.8. The van der Waals surface area contributed by atoms with Crippen LogP contribution >= 0.6 is 0 Å². The number of carboxylic acid groups (broad SMARTS) is 1. The summed E-state index contributed by atoms with van der Waals surface area (Å²) >= 11 is 0. The molecule has 1 aliphatic heterocycles. The first-order valence-corrected chi connectivity index (χ1v) is 13.8. The fourth-order valence-corrected chi connectivity index (χ4v) is 5.14. The van der Waals surface area contributed by atoms with Crippen LogP contribution in [0.5, 0.6) is 0 Å². The number of carboxylic acids is 1. The molecule has 4 atom stereocenters. The molecule has 1 aliphatic rings. The predicted octanol–water partition coefficient (Wildman–Crippen LogP) is 1.26. The van der Waals surface area contributed by atoms with E-state index in [4.69, 9.17) is 11.5 Å². The maximum absolute atomic E-state index is 13.5. The molecule has 4 unspecified atom stereocenters. The predicted molar refractivity (Wildman–Crippen MR) is 149 cm³/mol. The summed E-state index contributed by atoms with van der Waals surface area (Å²) in [7, 11) is 0. The molecular formula is C28H42N6O5. The minimum absolute atomic E-state index is 0.143. The minimum Gasteiger partial charge on any atom is -0.480 e. The summed E-state index contributed by atoms with van der Waals surface area (Å²) in [5.74, 6) is -2.24. The van der Waals surface area contributed by atoms with E-state index >= 15 is 0 Å². The summed E-state index contributed by atoms with van der Waals surface area (Å²) in [6.07, 6.45) is 4.96. The summed E-state index contributed by atoms with van der Waals surface area (Å²) in [5.41, 5.74) is 13.4. The van der Waals surface area contributed by atoms with Gasteiger partial charge in [0, 0.05) is 30.1 Å². The van der Waals surface area contributed by atoms with Gasteiger partial charge in [0.1, 0.15) is 18.1 Å². The molecule has 214 valence electrons. The summed E-state index contributed by atoms with van der Waals surface area (Å²) < 4.78 is 0. The van der Waals surface area contributed by atoms with Crippen molar-refractivity contribution in [1.82, 2.24) is 20.5 Å². The van der Waals surface area contributed by atoms with Crippen molar-refractivity contribution in [2.24, 2.45) is 17.4 Å². The van der Waals surface area contributed by atoms with Gasteiger partial charge in [-0.2, -0.15) is 0 Å². The molecular weight excluding hydrogens is 500 g/mol. The van der Waals surface area contributed by atoms with E-state index in [1.807, 2.05) is 38.1 Å². The van der Waals surface area contributed by atoms with Gasteiger partial charge in [-0.1, -0.05) is 32.0 Å². The number of nitrogens with zero attached hydrogens (tertiary/aromatic N) is 1. The number of nitrogens with one attached hydrogen (secondary N) is 3. The summed E-state index contributed by atoms with van der Waals surface area (Å²) in [4.78, 5) is 56.4. The number of amides is 3. The Morgan fingerprint density at radius 1 is 1.13 bits per heavy atom. The lowest BCUT2D eigenvalue weighted by molar-refractivity contribution is -0.143. The zero-order valence-corrected chi connectivity index (χ0v) is 22.8. The zero-order chi connectivity index (χ0) is 28.5. The molecule has 0 bridgehead atoms. The topological polar surface area (TPSA) is 184 Å². The number of rotatable bonds is 14. The molecule has 39 heavy (non-hydrogen) atoms. The van der Waals surface area contributed by atoms with Crippen molar-refractivity contribution < 1.29 is 24.3 Å². The second-order valence-corrected chi connectivity index (χ2v) is 10.7. The van der Waals surface area contributed by atoms with E-state index in [0.717, 1.165) is 16.5 Å². The molecule has 0 spiro atoms. The number of likely N-dealkylation sites (tertiary alicyclic amines) is 1. The van der Waals surface area contributed by atoms with E-state index in [0.29, 0.717) is 45.2 Å². The Kier molecular flexibility index (Phi) is 10.9. The van der Waals surface area contributed by atoms with Crippen LogP contribution in [0.4, 0.5) is 0 Å². The average Bonchev–Trinajstić information content (AvgIpc) is 3.54. The highest BCUT2D eigenvalue weighted by Crippen LogP contribution is 2.22. The van der Waals surface area contributed by atoms with Crippen LogP contribution < -0.4 is 22.1 Å². The molecule has 2 heterocycles. The number of aromatic amines is 1. The number of carbonyl (C=O) groups is 4. The first kappa shape index (κ1) is 30.1. The van der Waals surface area contributed by atoms with E-state index in [2.05, 4.69) is 15.6 Å². The van der Waals surface area contributed by atoms with Crippen molar-refractivity contribution in [3.05, 3.63) is 36.0 Å². The van der Waals surface area contributed by atoms with Crippen molar-refractivity contribution >= 4 is 34.6 Å². The number of aromatic nitrogens is 1. The lowest BCUT2D eigenvalue weighted by atomic mass is 10.0. The first-order chi connectivity index (χ1) is 18.6. The molecule has 1 aromatic carbocycles. The van der Waals surface area contributed by atoms with Crippen LogP contribution in [-0.4, -0.2) is 75.9 Å². The van der Waals surface area contributed by atoms with Gasteiger partial charge in [0.15, 0.2) is 0 Å². The van der Waals surface area contributed by atoms with Crippen LogP contribution in [-0.2, 0) is 25.6 Å². The molecule has 3 rings (SSSR count). The van der Waals surface area contributed by atoms with Gasteiger partial charge >= 0.3 is 5.97 Å². The molecule has 0 radical (unpaired) electrons. The lowest BCUT2D eigenvalue weighted by Crippen LogP contribution is -2.57. The highest BCUT2D eigenvalue weighted by atomic mass is 16.4. The molecule has 1 fully saturated rings. The number of aliphatic carboxylic acids is 1. The maximum Gasteiger partial charge on any atom is 0.326 e. The van der Waals surface area contributed by atoms with E-state index in [9.17, 15) is 24.3 Å². The normalized spacial score (nSPS) is 17.7. The smallest absolute Gasteiger partial charge is 0.326 e. The van der Waals surface area contributed by atoms with Gasteiger partial charge in [0.2, 0.25) is 17.7 Å². The van der Waals surface area contributed by atoms with Crippen LogP contribution in [0.15, 0.2) is 30.5 Å². The number of H-pyrrole nitrogens is 1. The van der Waals surface area contributed by atoms with Gasteiger partial charge < -0.3 is 37.1 Å². The maximum atomic E-state index is 13.5. The number of nitrogens with two attached hydrogens (primary N) is 2. The number of benzene rings is 1. The standard InChI is InChI=1S/C28H42N6O5/c1-17(2)14-20(30)27(37)34-13-7-11-24(34)26(36)33-23(15-18-16-31-21-9-4-3-8-19(18)21)25(35)32-22(28(38)39)10-5-6-12-29/h3-4,8-9,16-17,20,22-24,31H,5-7,10-15,29-30H2,1-2H3,(H,32,35)(H,33,36)(H,38,39). The molecule has 0 saturated carbocycles. The third kappa shape index (κ3) is 8.03. The van der Waals surface area contributed by atoms with Crippen LogP contribution in [0.1, 0.15) is 57.9 Å². The van der Waals surface area contributed by atoms with Gasteiger partial charge in [-0.25, -0.2) is 4.79 Å². The fourth-order valence-electron chi connectivity index (χ4n) is 5.14. The summed E-state index contributed by atoms with van der Waals surface area (Å²) in [5, 5.41) is 16.0. The van der Waals surface area contributed by atoms with Gasteiger partial charge in [-0.3, -0.25) is 14.4 Å². The molecule has 0 aliphatic carbocycles. The Morgan fingerprint density at radius 2 is 1.87 bits per heavy atom. The average molecular weight is 543 g/mol. The van der Waals surface area contributed by atoms with Crippen LogP contribution in [0.3, 0.4) is 0 Å². The monoisotopic (exact) mass is 542 g/mol. The number of hydrogen-bond donors (Lipinski definition) is 6. The Balaban J connectivity index is 1.80. The molecule has 11 nitrogen and oxygen atoms in total.